The van der Waals surface area contributed by atoms with Crippen molar-refractivity contribution in [2.45, 2.75) is 105 Å². The van der Waals surface area contributed by atoms with Gasteiger partial charge in [0.1, 0.15) is 22.6 Å². The first-order chi connectivity index (χ1) is 10.1. The Balaban J connectivity index is 5.78. The van der Waals surface area contributed by atoms with Gasteiger partial charge in [-0.3, -0.25) is 0 Å². The van der Waals surface area contributed by atoms with Gasteiger partial charge in [0.25, 0.3) is 0 Å². The van der Waals surface area contributed by atoms with Crippen molar-refractivity contribution in [2.75, 3.05) is 0 Å². The molecular formula is C19H36O4. The Hall–Kier alpha value is -1.19. The van der Waals surface area contributed by atoms with E-state index in [1.807, 2.05) is 62.3 Å². The van der Waals surface area contributed by atoms with Crippen LogP contribution in [0.2, 0.25) is 0 Å². The number of esters is 1. The van der Waals surface area contributed by atoms with E-state index in [4.69, 9.17) is 14.2 Å². The van der Waals surface area contributed by atoms with Crippen molar-refractivity contribution in [1.29, 1.82) is 0 Å². The number of carbonyl (C=O) groups excluding carboxylic acids is 1. The van der Waals surface area contributed by atoms with Crippen LogP contribution in [-0.4, -0.2) is 22.8 Å². The standard InChI is InChI=1S/C19H36O4/c1-11-12-13-14(21-17(2,3)4)15(22-18(5,6)7)16(20)23-19(8,9)10/h11-13H2,1-10H3/b15-14+. The molecule has 0 amide bonds. The van der Waals surface area contributed by atoms with Gasteiger partial charge >= 0.3 is 5.97 Å². The first kappa shape index (κ1) is 21.8. The number of unbranched alkanes of at least 4 members (excludes halogenated alkanes) is 1. The maximum Gasteiger partial charge on any atom is 0.377 e. The fourth-order valence-electron chi connectivity index (χ4n) is 1.76. The highest BCUT2D eigenvalue weighted by Gasteiger charge is 2.30. The topological polar surface area (TPSA) is 44.8 Å². The third kappa shape index (κ3) is 11.1. The molecule has 0 aromatic rings. The van der Waals surface area contributed by atoms with Crippen LogP contribution >= 0.6 is 0 Å². The molecule has 0 aliphatic rings. The van der Waals surface area contributed by atoms with Gasteiger partial charge in [0.2, 0.25) is 5.76 Å². The Morgan fingerprint density at radius 3 is 1.52 bits per heavy atom. The average Bonchev–Trinajstić information content (AvgIpc) is 2.26. The van der Waals surface area contributed by atoms with Gasteiger partial charge in [-0.15, -0.1) is 0 Å². The predicted octanol–water partition coefficient (Wildman–Crippen LogP) is 5.36. The van der Waals surface area contributed by atoms with E-state index in [1.54, 1.807) is 0 Å². The number of rotatable bonds is 6. The van der Waals surface area contributed by atoms with E-state index in [-0.39, 0.29) is 5.76 Å². The second-order valence-electron chi connectivity index (χ2n) is 8.79. The van der Waals surface area contributed by atoms with Crippen molar-refractivity contribution in [3.05, 3.63) is 11.5 Å². The maximum atomic E-state index is 12.6. The van der Waals surface area contributed by atoms with Gasteiger partial charge in [0, 0.05) is 6.42 Å². The van der Waals surface area contributed by atoms with E-state index in [0.29, 0.717) is 12.2 Å². The fourth-order valence-corrected chi connectivity index (χ4v) is 1.76. The van der Waals surface area contributed by atoms with E-state index in [1.165, 1.54) is 0 Å². The lowest BCUT2D eigenvalue weighted by Gasteiger charge is -2.30. The number of hydrogen-bond donors (Lipinski definition) is 0. The molecule has 0 bridgehead atoms. The Kier molecular flexibility index (Phi) is 7.65. The lowest BCUT2D eigenvalue weighted by molar-refractivity contribution is -0.158. The number of allylic oxidation sites excluding steroid dienone is 1. The quantitative estimate of drug-likeness (QED) is 0.374. The summed E-state index contributed by atoms with van der Waals surface area (Å²) in [5.41, 5.74) is -1.50. The largest absolute Gasteiger partial charge is 0.488 e. The zero-order valence-electron chi connectivity index (χ0n) is 16.8. The summed E-state index contributed by atoms with van der Waals surface area (Å²) in [4.78, 5) is 12.6. The smallest absolute Gasteiger partial charge is 0.377 e. The Bertz CT molecular complexity index is 414. The first-order valence-corrected chi connectivity index (χ1v) is 8.49. The van der Waals surface area contributed by atoms with Gasteiger partial charge in [-0.25, -0.2) is 4.79 Å². The van der Waals surface area contributed by atoms with Crippen LogP contribution in [0.5, 0.6) is 0 Å². The SMILES string of the molecule is CCCC/C(OC(C)(C)C)=C(\OC(C)(C)C)C(=O)OC(C)(C)C. The molecule has 0 aliphatic heterocycles. The van der Waals surface area contributed by atoms with Crippen LogP contribution in [0.1, 0.15) is 88.5 Å². The Morgan fingerprint density at radius 2 is 1.17 bits per heavy atom. The van der Waals surface area contributed by atoms with Gasteiger partial charge in [-0.2, -0.15) is 0 Å². The highest BCUT2D eigenvalue weighted by molar-refractivity contribution is 5.87. The zero-order valence-corrected chi connectivity index (χ0v) is 16.8. The van der Waals surface area contributed by atoms with Crippen LogP contribution in [0.15, 0.2) is 11.5 Å². The lowest BCUT2D eigenvalue weighted by Crippen LogP contribution is -2.31. The molecule has 23 heavy (non-hydrogen) atoms. The first-order valence-electron chi connectivity index (χ1n) is 8.49. The van der Waals surface area contributed by atoms with E-state index in [0.717, 1.165) is 12.8 Å². The molecule has 0 radical (unpaired) electrons. The maximum absolute atomic E-state index is 12.6. The second kappa shape index (κ2) is 8.07. The van der Waals surface area contributed by atoms with Gasteiger partial charge in [0.15, 0.2) is 0 Å². The van der Waals surface area contributed by atoms with E-state index in [9.17, 15) is 4.79 Å². The molecule has 0 rings (SSSR count). The van der Waals surface area contributed by atoms with Crippen molar-refractivity contribution in [3.63, 3.8) is 0 Å². The van der Waals surface area contributed by atoms with Crippen molar-refractivity contribution in [2.24, 2.45) is 0 Å². The highest BCUT2D eigenvalue weighted by atomic mass is 16.6. The molecule has 4 heteroatoms. The zero-order chi connectivity index (χ0) is 18.5. The van der Waals surface area contributed by atoms with Crippen LogP contribution in [0.4, 0.5) is 0 Å². The molecule has 0 fully saturated rings. The minimum atomic E-state index is -0.582. The summed E-state index contributed by atoms with van der Waals surface area (Å²) in [6.07, 6.45) is 2.58. The molecule has 0 aromatic heterocycles. The normalized spacial score (nSPS) is 14.2. The van der Waals surface area contributed by atoms with Crippen molar-refractivity contribution in [3.8, 4) is 0 Å². The molecule has 0 saturated carbocycles. The van der Waals surface area contributed by atoms with Gasteiger partial charge < -0.3 is 14.2 Å². The molecule has 0 saturated heterocycles. The fraction of sp³-hybridized carbons (Fsp3) is 0.842. The molecule has 136 valence electrons. The van der Waals surface area contributed by atoms with Crippen LogP contribution in [0.25, 0.3) is 0 Å². The summed E-state index contributed by atoms with van der Waals surface area (Å²) in [6, 6.07) is 0. The predicted molar refractivity (Wildman–Crippen MR) is 94.1 cm³/mol. The number of hydrogen-bond acceptors (Lipinski definition) is 4. The van der Waals surface area contributed by atoms with Crippen molar-refractivity contribution < 1.29 is 19.0 Å². The van der Waals surface area contributed by atoms with E-state index >= 15 is 0 Å². The van der Waals surface area contributed by atoms with E-state index < -0.39 is 22.8 Å². The molecule has 0 aromatic carbocycles. The highest BCUT2D eigenvalue weighted by Crippen LogP contribution is 2.27. The van der Waals surface area contributed by atoms with E-state index in [2.05, 4.69) is 6.92 Å². The minimum Gasteiger partial charge on any atom is -0.488 e. The monoisotopic (exact) mass is 328 g/mol. The molecular weight excluding hydrogens is 292 g/mol. The third-order valence-electron chi connectivity index (χ3n) is 2.43. The number of ether oxygens (including phenoxy) is 3. The molecule has 0 spiro atoms. The lowest BCUT2D eigenvalue weighted by atomic mass is 10.1. The van der Waals surface area contributed by atoms with Crippen LogP contribution in [0, 0.1) is 0 Å². The summed E-state index contributed by atoms with van der Waals surface area (Å²) in [7, 11) is 0. The molecule has 0 N–H and O–H groups in total. The summed E-state index contributed by atoms with van der Waals surface area (Å²) in [6.45, 7) is 19.2. The third-order valence-corrected chi connectivity index (χ3v) is 2.43. The molecule has 0 unspecified atom stereocenters. The Labute approximate surface area is 142 Å². The summed E-state index contributed by atoms with van der Waals surface area (Å²) in [5.74, 6) is 0.294. The average molecular weight is 328 g/mol. The van der Waals surface area contributed by atoms with Crippen LogP contribution < -0.4 is 0 Å². The Morgan fingerprint density at radius 1 is 0.739 bits per heavy atom. The van der Waals surface area contributed by atoms with Crippen molar-refractivity contribution in [1.82, 2.24) is 0 Å². The summed E-state index contributed by atoms with van der Waals surface area (Å²) in [5, 5.41) is 0. The minimum absolute atomic E-state index is 0.191. The van der Waals surface area contributed by atoms with Gasteiger partial charge in [0.05, 0.1) is 0 Å². The van der Waals surface area contributed by atoms with Crippen molar-refractivity contribution >= 4 is 5.97 Å². The second-order valence-corrected chi connectivity index (χ2v) is 8.79. The van der Waals surface area contributed by atoms with Crippen LogP contribution in [-0.2, 0) is 19.0 Å². The summed E-state index contributed by atoms with van der Waals surface area (Å²) >= 11 is 0. The van der Waals surface area contributed by atoms with Gasteiger partial charge in [-0.1, -0.05) is 13.3 Å². The molecule has 0 aliphatic carbocycles. The molecule has 0 atom stereocenters. The molecule has 0 heterocycles. The number of carbonyl (C=O) groups is 1. The molecule has 4 nitrogen and oxygen atoms in total. The summed E-state index contributed by atoms with van der Waals surface area (Å²) < 4.78 is 17.5. The van der Waals surface area contributed by atoms with Gasteiger partial charge in [-0.05, 0) is 68.7 Å². The van der Waals surface area contributed by atoms with Crippen LogP contribution in [0.3, 0.4) is 0 Å².